The molecule has 0 spiro atoms. The van der Waals surface area contributed by atoms with Crippen LogP contribution in [0.5, 0.6) is 0 Å². The maximum Gasteiger partial charge on any atom is 0.349 e. The number of nitrogens with one attached hydrogen (secondary N) is 1. The highest BCUT2D eigenvalue weighted by atomic mass is 16.4. The summed E-state index contributed by atoms with van der Waals surface area (Å²) in [7, 11) is 0. The summed E-state index contributed by atoms with van der Waals surface area (Å²) in [5.41, 5.74) is -0.139. The van der Waals surface area contributed by atoms with E-state index in [-0.39, 0.29) is 11.6 Å². The lowest BCUT2D eigenvalue weighted by Gasteiger charge is -2.25. The zero-order chi connectivity index (χ0) is 17.9. The van der Waals surface area contributed by atoms with Crippen LogP contribution in [0.1, 0.15) is 35.0 Å². The Kier molecular flexibility index (Phi) is 4.58. The van der Waals surface area contributed by atoms with Gasteiger partial charge in [0.15, 0.2) is 0 Å². The van der Waals surface area contributed by atoms with Gasteiger partial charge in [-0.25, -0.2) is 4.79 Å². The number of hydrogen-bond acceptors (Lipinski definition) is 5. The van der Waals surface area contributed by atoms with Gasteiger partial charge in [-0.15, -0.1) is 0 Å². The number of para-hydroxylation sites is 1. The third-order valence-electron chi connectivity index (χ3n) is 4.80. The van der Waals surface area contributed by atoms with Crippen molar-refractivity contribution < 1.29 is 13.6 Å². The summed E-state index contributed by atoms with van der Waals surface area (Å²) in [6.07, 6.45) is 3.91. The predicted octanol–water partition coefficient (Wildman–Crippen LogP) is 2.95. The molecule has 134 valence electrons. The second-order valence-corrected chi connectivity index (χ2v) is 6.47. The maximum absolute atomic E-state index is 12.6. The molecule has 0 aliphatic carbocycles. The third kappa shape index (κ3) is 3.28. The van der Waals surface area contributed by atoms with E-state index in [0.717, 1.165) is 37.1 Å². The Morgan fingerprint density at radius 3 is 2.73 bits per heavy atom. The Morgan fingerprint density at radius 2 is 1.96 bits per heavy atom. The normalized spacial score (nSPS) is 16.0. The number of fused-ring (bicyclic) bond motifs is 1. The van der Waals surface area contributed by atoms with Crippen molar-refractivity contribution in [2.75, 3.05) is 19.6 Å². The van der Waals surface area contributed by atoms with Gasteiger partial charge < -0.3 is 14.2 Å². The lowest BCUT2D eigenvalue weighted by atomic mass is 10.1. The second kappa shape index (κ2) is 7.17. The van der Waals surface area contributed by atoms with Crippen LogP contribution in [-0.4, -0.2) is 30.4 Å². The van der Waals surface area contributed by atoms with Crippen molar-refractivity contribution in [1.82, 2.24) is 10.2 Å². The molecule has 1 aromatic carbocycles. The maximum atomic E-state index is 12.6. The topological polar surface area (TPSA) is 75.7 Å². The van der Waals surface area contributed by atoms with E-state index in [1.807, 2.05) is 24.3 Å². The molecule has 0 radical (unpaired) electrons. The number of rotatable bonds is 5. The molecule has 2 aromatic heterocycles. The van der Waals surface area contributed by atoms with Crippen LogP contribution in [0, 0.1) is 0 Å². The molecule has 6 nitrogen and oxygen atoms in total. The highest BCUT2D eigenvalue weighted by molar-refractivity contribution is 5.96. The smallest absolute Gasteiger partial charge is 0.349 e. The van der Waals surface area contributed by atoms with Crippen molar-refractivity contribution in [2.45, 2.75) is 18.9 Å². The van der Waals surface area contributed by atoms with E-state index in [1.54, 1.807) is 24.5 Å². The van der Waals surface area contributed by atoms with E-state index < -0.39 is 11.5 Å². The highest BCUT2D eigenvalue weighted by Crippen LogP contribution is 2.25. The minimum absolute atomic E-state index is 0.0170. The first-order valence-electron chi connectivity index (χ1n) is 8.81. The fourth-order valence-corrected chi connectivity index (χ4v) is 3.45. The van der Waals surface area contributed by atoms with E-state index >= 15 is 0 Å². The first-order valence-corrected chi connectivity index (χ1v) is 8.81. The van der Waals surface area contributed by atoms with Crippen molar-refractivity contribution in [3.05, 3.63) is 70.5 Å². The number of nitrogens with zero attached hydrogens (tertiary/aromatic N) is 1. The fraction of sp³-hybridized carbons (Fsp3) is 0.300. The van der Waals surface area contributed by atoms with Gasteiger partial charge in [0.05, 0.1) is 12.3 Å². The van der Waals surface area contributed by atoms with Crippen molar-refractivity contribution in [2.24, 2.45) is 0 Å². The van der Waals surface area contributed by atoms with Crippen molar-refractivity contribution >= 4 is 16.9 Å². The molecule has 1 saturated heterocycles. The van der Waals surface area contributed by atoms with E-state index in [4.69, 9.17) is 8.83 Å². The van der Waals surface area contributed by atoms with Gasteiger partial charge in [-0.05, 0) is 50.2 Å². The van der Waals surface area contributed by atoms with Crippen LogP contribution in [0.4, 0.5) is 0 Å². The van der Waals surface area contributed by atoms with E-state index in [2.05, 4.69) is 10.2 Å². The van der Waals surface area contributed by atoms with Gasteiger partial charge in [-0.1, -0.05) is 18.2 Å². The molecule has 1 atom stereocenters. The van der Waals surface area contributed by atoms with Crippen LogP contribution < -0.4 is 10.9 Å². The zero-order valence-corrected chi connectivity index (χ0v) is 14.3. The average Bonchev–Trinajstić information content (AvgIpc) is 3.35. The van der Waals surface area contributed by atoms with Crippen LogP contribution in [0.3, 0.4) is 0 Å². The summed E-state index contributed by atoms with van der Waals surface area (Å²) < 4.78 is 10.8. The summed E-state index contributed by atoms with van der Waals surface area (Å²) >= 11 is 0. The van der Waals surface area contributed by atoms with Gasteiger partial charge in [0.1, 0.15) is 16.9 Å². The fourth-order valence-electron chi connectivity index (χ4n) is 3.45. The highest BCUT2D eigenvalue weighted by Gasteiger charge is 2.26. The van der Waals surface area contributed by atoms with Crippen LogP contribution in [0.15, 0.2) is 62.4 Å². The molecule has 3 heterocycles. The van der Waals surface area contributed by atoms with E-state index in [9.17, 15) is 9.59 Å². The first kappa shape index (κ1) is 16.6. The number of likely N-dealkylation sites (tertiary alicyclic amines) is 1. The number of carbonyl (C=O) groups is 1. The van der Waals surface area contributed by atoms with Gasteiger partial charge in [-0.3, -0.25) is 9.69 Å². The second-order valence-electron chi connectivity index (χ2n) is 6.47. The summed E-state index contributed by atoms with van der Waals surface area (Å²) in [5, 5.41) is 3.59. The Balaban J connectivity index is 1.53. The molecule has 26 heavy (non-hydrogen) atoms. The predicted molar refractivity (Wildman–Crippen MR) is 97.1 cm³/mol. The Bertz CT molecular complexity index is 955. The SMILES string of the molecule is O=C(NC[C@@H](c1ccco1)N1CCCC1)c1cc2ccccc2oc1=O. The van der Waals surface area contributed by atoms with Gasteiger partial charge in [0.25, 0.3) is 5.91 Å². The molecule has 0 saturated carbocycles. The largest absolute Gasteiger partial charge is 0.468 e. The number of hydrogen-bond donors (Lipinski definition) is 1. The van der Waals surface area contributed by atoms with Gasteiger partial charge in [0, 0.05) is 11.9 Å². The molecule has 0 bridgehead atoms. The molecule has 6 heteroatoms. The summed E-state index contributed by atoms with van der Waals surface area (Å²) in [6, 6.07) is 12.4. The van der Waals surface area contributed by atoms with Crippen LogP contribution >= 0.6 is 0 Å². The standard InChI is InChI=1S/C20H20N2O4/c23-19(15-12-14-6-1-2-7-17(14)26-20(15)24)21-13-16(18-8-5-11-25-18)22-9-3-4-10-22/h1-2,5-8,11-12,16H,3-4,9-10,13H2,(H,21,23)/t16-/m0/s1. The van der Waals surface area contributed by atoms with Crippen molar-refractivity contribution in [3.8, 4) is 0 Å². The van der Waals surface area contributed by atoms with Gasteiger partial charge in [0.2, 0.25) is 0 Å². The van der Waals surface area contributed by atoms with Gasteiger partial charge >= 0.3 is 5.63 Å². The molecule has 0 unspecified atom stereocenters. The Morgan fingerprint density at radius 1 is 1.15 bits per heavy atom. The van der Waals surface area contributed by atoms with Crippen molar-refractivity contribution in [1.29, 1.82) is 0 Å². The molecule has 3 aromatic rings. The average molecular weight is 352 g/mol. The van der Waals surface area contributed by atoms with Crippen LogP contribution in [-0.2, 0) is 0 Å². The third-order valence-corrected chi connectivity index (χ3v) is 4.80. The molecule has 4 rings (SSSR count). The monoisotopic (exact) mass is 352 g/mol. The zero-order valence-electron chi connectivity index (χ0n) is 14.3. The molecule has 1 fully saturated rings. The van der Waals surface area contributed by atoms with Gasteiger partial charge in [-0.2, -0.15) is 0 Å². The van der Waals surface area contributed by atoms with Crippen LogP contribution in [0.25, 0.3) is 11.0 Å². The molecule has 1 aliphatic rings. The first-order chi connectivity index (χ1) is 12.7. The molecule has 1 N–H and O–H groups in total. The Hall–Kier alpha value is -2.86. The lowest BCUT2D eigenvalue weighted by molar-refractivity contribution is 0.0930. The Labute approximate surface area is 150 Å². The molecule has 1 amide bonds. The number of amides is 1. The van der Waals surface area contributed by atoms with Crippen LogP contribution in [0.2, 0.25) is 0 Å². The van der Waals surface area contributed by atoms with Crippen molar-refractivity contribution in [3.63, 3.8) is 0 Å². The minimum atomic E-state index is -0.628. The van der Waals surface area contributed by atoms with E-state index in [1.165, 1.54) is 0 Å². The number of furan rings is 1. The summed E-state index contributed by atoms with van der Waals surface area (Å²) in [5.74, 6) is 0.387. The molecular weight excluding hydrogens is 332 g/mol. The van der Waals surface area contributed by atoms with E-state index in [0.29, 0.717) is 12.1 Å². The quantitative estimate of drug-likeness (QED) is 0.715. The summed E-state index contributed by atoms with van der Waals surface area (Å²) in [4.78, 5) is 27.0. The number of carbonyl (C=O) groups excluding carboxylic acids is 1. The number of benzene rings is 1. The molecular formula is C20H20N2O4. The summed E-state index contributed by atoms with van der Waals surface area (Å²) in [6.45, 7) is 2.32. The minimum Gasteiger partial charge on any atom is -0.468 e. The lowest BCUT2D eigenvalue weighted by Crippen LogP contribution is -2.37. The molecule has 1 aliphatic heterocycles.